The summed E-state index contributed by atoms with van der Waals surface area (Å²) >= 11 is 0. The maximum atomic E-state index is 12.8. The number of carbonyl (C=O) groups excluding carboxylic acids is 1. The Labute approximate surface area is 137 Å². The highest BCUT2D eigenvalue weighted by Gasteiger charge is 2.35. The first-order valence-electron chi connectivity index (χ1n) is 7.79. The second-order valence-electron chi connectivity index (χ2n) is 7.37. The van der Waals surface area contributed by atoms with Crippen LogP contribution in [-0.4, -0.2) is 31.5 Å². The Bertz CT molecular complexity index is 677. The number of nitrogens with zero attached hydrogens (tertiary/aromatic N) is 1. The lowest BCUT2D eigenvalue weighted by atomic mass is 9.86. The third-order valence-electron chi connectivity index (χ3n) is 4.40. The molecule has 0 N–H and O–H groups in total. The maximum Gasteiger partial charge on any atom is 0.302 e. The van der Waals surface area contributed by atoms with Gasteiger partial charge in [0.15, 0.2) is 0 Å². The monoisotopic (exact) mass is 341 g/mol. The average molecular weight is 341 g/mol. The summed E-state index contributed by atoms with van der Waals surface area (Å²) in [5, 5.41) is 0. The van der Waals surface area contributed by atoms with E-state index in [1.54, 1.807) is 4.90 Å². The van der Waals surface area contributed by atoms with Crippen LogP contribution in [0, 0.1) is 5.92 Å². The van der Waals surface area contributed by atoms with Gasteiger partial charge in [-0.2, -0.15) is 8.42 Å². The molecule has 1 aliphatic heterocycles. The smallest absolute Gasteiger partial charge is 0.302 e. The van der Waals surface area contributed by atoms with Crippen molar-refractivity contribution >= 4 is 16.1 Å². The van der Waals surface area contributed by atoms with Gasteiger partial charge in [-0.1, -0.05) is 45.0 Å². The molecule has 23 heavy (non-hydrogen) atoms. The minimum absolute atomic E-state index is 0.0613. The van der Waals surface area contributed by atoms with E-state index in [4.69, 9.17) is 0 Å². The predicted molar refractivity (Wildman–Crippen MR) is 88.3 cm³/mol. The van der Waals surface area contributed by atoms with Gasteiger partial charge in [-0.25, -0.2) is 0 Å². The van der Waals surface area contributed by atoms with Crippen LogP contribution in [0.5, 0.6) is 0 Å². The highest BCUT2D eigenvalue weighted by Crippen LogP contribution is 2.31. The van der Waals surface area contributed by atoms with Crippen molar-refractivity contribution in [3.05, 3.63) is 35.4 Å². The van der Waals surface area contributed by atoms with E-state index in [0.717, 1.165) is 5.56 Å². The highest BCUT2D eigenvalue weighted by atomic mass is 32.3. The molecule has 0 aromatic heterocycles. The van der Waals surface area contributed by atoms with Crippen molar-refractivity contribution in [2.24, 2.45) is 5.92 Å². The second-order valence-corrected chi connectivity index (χ2v) is 8.78. The molecule has 0 radical (unpaired) electrons. The number of hydrogen-bond acceptors (Lipinski definition) is 3. The molecular weight excluding hydrogens is 317 g/mol. The summed E-state index contributed by atoms with van der Waals surface area (Å²) in [7, 11) is -4.55. The minimum Gasteiger partial charge on any atom is -0.336 e. The summed E-state index contributed by atoms with van der Waals surface area (Å²) in [4.78, 5) is 13.8. The van der Waals surface area contributed by atoms with Crippen LogP contribution in [0.1, 0.15) is 51.3 Å². The van der Waals surface area contributed by atoms with Gasteiger partial charge in [0.2, 0.25) is 5.91 Å². The van der Waals surface area contributed by atoms with Crippen molar-refractivity contribution in [1.82, 2.24) is 4.90 Å². The van der Waals surface area contributed by atoms with Crippen LogP contribution in [0.15, 0.2) is 24.3 Å². The number of hydrogen-bond donors (Lipinski definition) is 0. The van der Waals surface area contributed by atoms with Gasteiger partial charge in [0.25, 0.3) is 0 Å². The van der Waals surface area contributed by atoms with E-state index in [1.807, 2.05) is 19.1 Å². The molecule has 1 aromatic rings. The van der Waals surface area contributed by atoms with E-state index < -0.39 is 21.9 Å². The van der Waals surface area contributed by atoms with Gasteiger partial charge >= 0.3 is 10.2 Å². The van der Waals surface area contributed by atoms with Crippen LogP contribution in [-0.2, 0) is 20.4 Å². The van der Waals surface area contributed by atoms with Gasteiger partial charge in [-0.05, 0) is 23.5 Å². The van der Waals surface area contributed by atoms with E-state index in [-0.39, 0.29) is 30.3 Å². The fraction of sp³-hybridized carbons (Fsp3) is 0.588. The molecule has 1 saturated heterocycles. The molecule has 2 atom stereocenters. The van der Waals surface area contributed by atoms with Gasteiger partial charge in [-0.3, -0.25) is 4.79 Å². The van der Waals surface area contributed by atoms with Crippen LogP contribution in [0.4, 0.5) is 3.89 Å². The number of benzene rings is 1. The lowest BCUT2D eigenvalue weighted by Gasteiger charge is -2.26. The van der Waals surface area contributed by atoms with Crippen molar-refractivity contribution in [2.75, 3.05) is 12.3 Å². The summed E-state index contributed by atoms with van der Waals surface area (Å²) in [6, 6.07) is 7.95. The average Bonchev–Trinajstić information content (AvgIpc) is 2.75. The van der Waals surface area contributed by atoms with E-state index in [2.05, 4.69) is 32.9 Å². The molecule has 2 rings (SSSR count). The zero-order chi connectivity index (χ0) is 17.4. The fourth-order valence-electron chi connectivity index (χ4n) is 3.02. The Morgan fingerprint density at radius 1 is 1.26 bits per heavy atom. The lowest BCUT2D eigenvalue weighted by molar-refractivity contribution is -0.129. The van der Waals surface area contributed by atoms with Crippen LogP contribution >= 0.6 is 0 Å². The number of halogens is 1. The molecule has 1 amide bonds. The maximum absolute atomic E-state index is 12.8. The van der Waals surface area contributed by atoms with Crippen LogP contribution in [0.25, 0.3) is 0 Å². The first-order chi connectivity index (χ1) is 10.5. The van der Waals surface area contributed by atoms with E-state index >= 15 is 0 Å². The Balaban J connectivity index is 2.11. The summed E-state index contributed by atoms with van der Waals surface area (Å²) in [5.41, 5.74) is 2.27. The van der Waals surface area contributed by atoms with Gasteiger partial charge in [0.05, 0.1) is 11.8 Å². The third-order valence-corrected chi connectivity index (χ3v) is 5.27. The van der Waals surface area contributed by atoms with Crippen molar-refractivity contribution < 1.29 is 17.1 Å². The molecule has 128 valence electrons. The first-order valence-corrected chi connectivity index (χ1v) is 9.35. The number of likely N-dealkylation sites (tertiary alicyclic amines) is 1. The molecule has 1 aliphatic rings. The van der Waals surface area contributed by atoms with Crippen LogP contribution in [0.2, 0.25) is 0 Å². The van der Waals surface area contributed by atoms with Crippen molar-refractivity contribution in [1.29, 1.82) is 0 Å². The van der Waals surface area contributed by atoms with Crippen molar-refractivity contribution in [2.45, 2.75) is 45.6 Å². The Morgan fingerprint density at radius 3 is 2.30 bits per heavy atom. The largest absolute Gasteiger partial charge is 0.336 e. The molecule has 0 bridgehead atoms. The van der Waals surface area contributed by atoms with Crippen molar-refractivity contribution in [3.63, 3.8) is 0 Å². The van der Waals surface area contributed by atoms with Gasteiger partial charge in [0.1, 0.15) is 0 Å². The molecule has 1 heterocycles. The van der Waals surface area contributed by atoms with Crippen LogP contribution < -0.4 is 0 Å². The normalized spacial score (nSPS) is 20.8. The van der Waals surface area contributed by atoms with E-state index in [0.29, 0.717) is 0 Å². The van der Waals surface area contributed by atoms with Crippen LogP contribution in [0.3, 0.4) is 0 Å². The molecule has 1 fully saturated rings. The predicted octanol–water partition coefficient (Wildman–Crippen LogP) is 3.19. The topological polar surface area (TPSA) is 54.5 Å². The number of carbonyl (C=O) groups is 1. The Hall–Kier alpha value is -1.43. The van der Waals surface area contributed by atoms with E-state index in [1.165, 1.54) is 5.56 Å². The summed E-state index contributed by atoms with van der Waals surface area (Å²) in [5.74, 6) is -1.16. The summed E-state index contributed by atoms with van der Waals surface area (Å²) in [6.45, 7) is 8.60. The first kappa shape index (κ1) is 17.9. The number of amides is 1. The number of rotatable bonds is 4. The third kappa shape index (κ3) is 4.53. The van der Waals surface area contributed by atoms with Gasteiger partial charge < -0.3 is 4.90 Å². The lowest BCUT2D eigenvalue weighted by Crippen LogP contribution is -2.29. The second kappa shape index (κ2) is 6.23. The molecule has 1 aromatic carbocycles. The SMILES string of the molecule is CC(c1ccc(C(C)(C)C)cc1)N1CC(CS(=O)(=O)F)CC1=O. The molecule has 6 heteroatoms. The highest BCUT2D eigenvalue weighted by molar-refractivity contribution is 7.86. The Kier molecular flexibility index (Phi) is 4.85. The summed E-state index contributed by atoms with van der Waals surface area (Å²) < 4.78 is 34.4. The molecule has 4 nitrogen and oxygen atoms in total. The fourth-order valence-corrected chi connectivity index (χ4v) is 3.80. The molecule has 0 aliphatic carbocycles. The quantitative estimate of drug-likeness (QED) is 0.790. The Morgan fingerprint density at radius 2 is 1.83 bits per heavy atom. The van der Waals surface area contributed by atoms with E-state index in [9.17, 15) is 17.1 Å². The van der Waals surface area contributed by atoms with Gasteiger partial charge in [0, 0.05) is 18.9 Å². The zero-order valence-corrected chi connectivity index (χ0v) is 14.9. The minimum atomic E-state index is -4.55. The standard InChI is InChI=1S/C17H24FNO3S/c1-12(14-5-7-15(8-6-14)17(2,3)4)19-10-13(9-16(19)20)11-23(18,21)22/h5-8,12-13H,9-11H2,1-4H3. The molecular formula is C17H24FNO3S. The zero-order valence-electron chi connectivity index (χ0n) is 14.0. The molecule has 0 saturated carbocycles. The summed E-state index contributed by atoms with van der Waals surface area (Å²) in [6.07, 6.45) is 0.0908. The molecule has 0 spiro atoms. The van der Waals surface area contributed by atoms with Crippen molar-refractivity contribution in [3.8, 4) is 0 Å². The van der Waals surface area contributed by atoms with Gasteiger partial charge in [-0.15, -0.1) is 3.89 Å². The molecule has 2 unspecified atom stereocenters.